The Balaban J connectivity index is 1.02. The van der Waals surface area contributed by atoms with E-state index in [0.29, 0.717) is 26.3 Å². The Morgan fingerprint density at radius 3 is 1.19 bits per heavy atom. The van der Waals surface area contributed by atoms with E-state index in [-0.39, 0.29) is 39.6 Å². The molecule has 3 saturated heterocycles. The number of hydrogen-bond acceptors (Lipinski definition) is 11. The van der Waals surface area contributed by atoms with Gasteiger partial charge in [0.2, 0.25) is 0 Å². The first kappa shape index (κ1) is 54.3. The van der Waals surface area contributed by atoms with Crippen LogP contribution in [0.25, 0.3) is 0 Å². The van der Waals surface area contributed by atoms with Crippen LogP contribution in [-0.4, -0.2) is 79.1 Å². The fraction of sp³-hybridized carbons (Fsp3) is 0.294. The maximum absolute atomic E-state index is 7.71. The fourth-order valence-corrected chi connectivity index (χ4v) is 10.7. The van der Waals surface area contributed by atoms with E-state index in [1.165, 1.54) is 0 Å². The van der Waals surface area contributed by atoms with E-state index in [4.69, 9.17) is 47.4 Å². The van der Waals surface area contributed by atoms with Gasteiger partial charge in [0.25, 0.3) is 0 Å². The zero-order chi connectivity index (χ0) is 53.3. The number of fused-ring (bicyclic) bond motifs is 1. The monoisotopic (exact) mass is 1060 g/mol. The highest BCUT2D eigenvalue weighted by molar-refractivity contribution is 5.22. The highest BCUT2D eigenvalue weighted by atomic mass is 16.9. The second kappa shape index (κ2) is 27.5. The molecule has 10 atom stereocenters. The summed E-state index contributed by atoms with van der Waals surface area (Å²) in [5, 5.41) is 0. The van der Waals surface area contributed by atoms with Crippen molar-refractivity contribution in [1.29, 1.82) is 0 Å². The molecular weight excluding hydrogens is 991 g/mol. The van der Waals surface area contributed by atoms with Crippen molar-refractivity contribution in [2.75, 3.05) is 13.2 Å². The van der Waals surface area contributed by atoms with Crippen LogP contribution in [0.4, 0.5) is 0 Å². The normalized spacial score (nSPS) is 24.7. The van der Waals surface area contributed by atoms with Crippen LogP contribution in [0.15, 0.2) is 243 Å². The highest BCUT2D eigenvalue weighted by Crippen LogP contribution is 2.46. The second-order valence-electron chi connectivity index (χ2n) is 20.4. The number of ether oxygens (including phenoxy) is 10. The summed E-state index contributed by atoms with van der Waals surface area (Å²) in [5.41, 5.74) is 8.20. The SMILES string of the molecule is c1ccc(COC[C@H]2O[C@]3(OC[C@H]4O[C@@H](OCc5ccccc5)[C@H](N(Cc5ccccc5)Cc5ccccc5)[C@@H](OCc5ccccc5)[C@@H]4O3)[C@H](OCc3ccccc3)[C@@H](OCc3ccccc3)[C@@H]2OCc2ccccc2)cc1. The van der Waals surface area contributed by atoms with E-state index in [2.05, 4.69) is 89.8 Å². The summed E-state index contributed by atoms with van der Waals surface area (Å²) in [4.78, 5) is 2.41. The molecule has 0 aromatic heterocycles. The van der Waals surface area contributed by atoms with Gasteiger partial charge in [-0.05, 0) is 44.5 Å². The molecule has 3 aliphatic heterocycles. The Labute approximate surface area is 464 Å². The Kier molecular flexibility index (Phi) is 18.9. The Bertz CT molecular complexity index is 2950. The van der Waals surface area contributed by atoms with Crippen molar-refractivity contribution >= 4 is 0 Å². The van der Waals surface area contributed by atoms with Crippen LogP contribution >= 0.6 is 0 Å². The largest absolute Gasteiger partial charge is 0.374 e. The van der Waals surface area contributed by atoms with Crippen LogP contribution in [-0.2, 0) is 100 Å². The predicted molar refractivity (Wildman–Crippen MR) is 300 cm³/mol. The van der Waals surface area contributed by atoms with E-state index in [1.807, 2.05) is 158 Å². The third kappa shape index (κ3) is 14.4. The van der Waals surface area contributed by atoms with Crippen LogP contribution < -0.4 is 0 Å². The van der Waals surface area contributed by atoms with E-state index in [0.717, 1.165) is 44.5 Å². The van der Waals surface area contributed by atoms with Crippen LogP contribution in [0.5, 0.6) is 0 Å². The number of rotatable bonds is 24. The van der Waals surface area contributed by atoms with Gasteiger partial charge in [0, 0.05) is 13.1 Å². The maximum atomic E-state index is 7.71. The minimum atomic E-state index is -1.91. The molecule has 0 N–H and O–H groups in total. The minimum Gasteiger partial charge on any atom is -0.374 e. The average molecular weight is 1060 g/mol. The molecule has 3 fully saturated rings. The molecule has 0 unspecified atom stereocenters. The second-order valence-corrected chi connectivity index (χ2v) is 20.4. The molecule has 0 bridgehead atoms. The van der Waals surface area contributed by atoms with Crippen molar-refractivity contribution in [3.05, 3.63) is 287 Å². The van der Waals surface area contributed by atoms with Gasteiger partial charge in [-0.15, -0.1) is 0 Å². The van der Waals surface area contributed by atoms with Gasteiger partial charge in [-0.25, -0.2) is 0 Å². The van der Waals surface area contributed by atoms with Crippen molar-refractivity contribution in [3.8, 4) is 0 Å². The predicted octanol–water partition coefficient (Wildman–Crippen LogP) is 12.0. The average Bonchev–Trinajstić information content (AvgIpc) is 3.62. The third-order valence-electron chi connectivity index (χ3n) is 14.7. The Morgan fingerprint density at radius 1 is 0.380 bits per heavy atom. The molecule has 3 aliphatic rings. The van der Waals surface area contributed by atoms with Crippen molar-refractivity contribution in [2.24, 2.45) is 0 Å². The van der Waals surface area contributed by atoms with E-state index in [9.17, 15) is 0 Å². The Morgan fingerprint density at radius 2 is 0.747 bits per heavy atom. The summed E-state index contributed by atoms with van der Waals surface area (Å²) >= 11 is 0. The summed E-state index contributed by atoms with van der Waals surface area (Å²) in [6.45, 7) is 2.86. The number of hydrogen-bond donors (Lipinski definition) is 0. The summed E-state index contributed by atoms with van der Waals surface area (Å²) in [5.74, 6) is -1.91. The molecular formula is C68H69NO10. The quantitative estimate of drug-likeness (QED) is 0.0579. The van der Waals surface area contributed by atoms with E-state index < -0.39 is 61.0 Å². The third-order valence-corrected chi connectivity index (χ3v) is 14.7. The fourth-order valence-electron chi connectivity index (χ4n) is 10.7. The van der Waals surface area contributed by atoms with Crippen LogP contribution in [0.3, 0.4) is 0 Å². The minimum absolute atomic E-state index is 0.0366. The zero-order valence-corrected chi connectivity index (χ0v) is 44.4. The van der Waals surface area contributed by atoms with Crippen molar-refractivity contribution in [3.63, 3.8) is 0 Å². The molecule has 0 aliphatic carbocycles. The smallest absolute Gasteiger partial charge is 0.314 e. The van der Waals surface area contributed by atoms with Crippen molar-refractivity contribution < 1.29 is 47.4 Å². The van der Waals surface area contributed by atoms with Crippen molar-refractivity contribution in [1.82, 2.24) is 4.90 Å². The number of nitrogens with zero attached hydrogens (tertiary/aromatic N) is 1. The summed E-state index contributed by atoms with van der Waals surface area (Å²) in [7, 11) is 0. The molecule has 8 aromatic rings. The summed E-state index contributed by atoms with van der Waals surface area (Å²) in [6.07, 6.45) is -6.38. The standard InChI is InChI=1S/C68H69NO10/c1-9-25-51(26-10-1)41-69(42-52-27-11-2-12-28-52)61-64(72-45-55-33-17-5-18-34-55)63-59(77-67(61)75-48-58-39-23-8-24-40-58)50-76-68(79-63)66(74-47-57-37-21-7-22-38-57)65(73-46-56-35-19-6-20-36-56)62(71-44-54-31-15-4-16-32-54)60(78-68)49-70-43-53-29-13-3-14-30-53/h1-40,59-67H,41-50H2/t59-,60-,61-,62-,63-,64-,65+,66-,67-,68-/m1/s1. The van der Waals surface area contributed by atoms with E-state index >= 15 is 0 Å². The van der Waals surface area contributed by atoms with Gasteiger partial charge in [-0.2, -0.15) is 0 Å². The molecule has 406 valence electrons. The molecule has 0 saturated carbocycles. The lowest BCUT2D eigenvalue weighted by atomic mass is 9.91. The van der Waals surface area contributed by atoms with Crippen LogP contribution in [0.2, 0.25) is 0 Å². The van der Waals surface area contributed by atoms with Gasteiger partial charge >= 0.3 is 5.97 Å². The van der Waals surface area contributed by atoms with Crippen LogP contribution in [0.1, 0.15) is 44.5 Å². The molecule has 0 amide bonds. The molecule has 11 nitrogen and oxygen atoms in total. The molecule has 79 heavy (non-hydrogen) atoms. The molecule has 3 heterocycles. The van der Waals surface area contributed by atoms with Gasteiger partial charge < -0.3 is 47.4 Å². The van der Waals surface area contributed by atoms with Gasteiger partial charge in [0.05, 0.1) is 58.9 Å². The highest BCUT2D eigenvalue weighted by Gasteiger charge is 2.65. The zero-order valence-electron chi connectivity index (χ0n) is 44.4. The molecule has 0 radical (unpaired) electrons. The Hall–Kier alpha value is -6.68. The molecule has 1 spiro atoms. The number of benzene rings is 8. The summed E-state index contributed by atoms with van der Waals surface area (Å²) in [6, 6.07) is 81.3. The lowest BCUT2D eigenvalue weighted by Gasteiger charge is -2.58. The van der Waals surface area contributed by atoms with Crippen molar-refractivity contribution in [2.45, 2.75) is 114 Å². The van der Waals surface area contributed by atoms with Gasteiger partial charge in [-0.3, -0.25) is 4.90 Å². The van der Waals surface area contributed by atoms with Crippen LogP contribution in [0, 0.1) is 0 Å². The first-order valence-corrected chi connectivity index (χ1v) is 27.5. The van der Waals surface area contributed by atoms with Gasteiger partial charge in [0.1, 0.15) is 36.6 Å². The summed E-state index contributed by atoms with van der Waals surface area (Å²) < 4.78 is 72.1. The lowest BCUT2D eigenvalue weighted by Crippen LogP contribution is -2.75. The van der Waals surface area contributed by atoms with Gasteiger partial charge in [-0.1, -0.05) is 243 Å². The molecule has 11 rings (SSSR count). The first-order chi connectivity index (χ1) is 39.1. The first-order valence-electron chi connectivity index (χ1n) is 27.5. The van der Waals surface area contributed by atoms with E-state index in [1.54, 1.807) is 0 Å². The van der Waals surface area contributed by atoms with Gasteiger partial charge in [0.15, 0.2) is 12.4 Å². The maximum Gasteiger partial charge on any atom is 0.314 e. The molecule has 8 aromatic carbocycles. The topological polar surface area (TPSA) is 95.5 Å². The lowest BCUT2D eigenvalue weighted by molar-refractivity contribution is -0.516. The molecule has 11 heteroatoms.